The van der Waals surface area contributed by atoms with Gasteiger partial charge in [0.1, 0.15) is 0 Å². The zero-order valence-electron chi connectivity index (χ0n) is 12.6. The molecule has 0 aliphatic carbocycles. The van der Waals surface area contributed by atoms with E-state index in [1.165, 1.54) is 0 Å². The molecule has 3 atom stereocenters. The molecule has 0 aliphatic rings. The molecule has 0 saturated heterocycles. The van der Waals surface area contributed by atoms with Gasteiger partial charge in [-0.05, 0) is 18.4 Å². The minimum atomic E-state index is -0.805. The number of carboxylic acid groups (broad SMARTS) is 1. The van der Waals surface area contributed by atoms with Crippen LogP contribution in [0.15, 0.2) is 30.3 Å². The van der Waals surface area contributed by atoms with Crippen LogP contribution in [0.4, 0.5) is 0 Å². The molecule has 0 fully saturated rings. The maximum atomic E-state index is 12.0. The minimum absolute atomic E-state index is 0.102. The number of nitrogens with two attached hydrogens (primary N) is 1. The molecule has 0 heterocycles. The van der Waals surface area contributed by atoms with Crippen LogP contribution < -0.4 is 11.1 Å². The van der Waals surface area contributed by atoms with Crippen molar-refractivity contribution in [2.24, 2.45) is 17.6 Å². The van der Waals surface area contributed by atoms with Crippen LogP contribution in [-0.2, 0) is 9.59 Å². The van der Waals surface area contributed by atoms with E-state index >= 15 is 0 Å². The molecule has 5 nitrogen and oxygen atoms in total. The molecule has 3 unspecified atom stereocenters. The second kappa shape index (κ2) is 8.42. The van der Waals surface area contributed by atoms with Gasteiger partial charge in [0.15, 0.2) is 0 Å². The Morgan fingerprint density at radius 3 is 2.43 bits per heavy atom. The molecule has 21 heavy (non-hydrogen) atoms. The number of carbonyl (C=O) groups excluding carboxylic acids is 1. The van der Waals surface area contributed by atoms with E-state index in [1.54, 1.807) is 13.8 Å². The molecule has 0 spiro atoms. The Hall–Kier alpha value is -1.88. The Morgan fingerprint density at radius 1 is 1.24 bits per heavy atom. The van der Waals surface area contributed by atoms with E-state index in [4.69, 9.17) is 10.8 Å². The Bertz CT molecular complexity index is 462. The van der Waals surface area contributed by atoms with Crippen LogP contribution >= 0.6 is 0 Å². The number of aliphatic carboxylic acids is 1. The zero-order chi connectivity index (χ0) is 15.8. The highest BCUT2D eigenvalue weighted by Gasteiger charge is 2.21. The van der Waals surface area contributed by atoms with Crippen molar-refractivity contribution in [1.29, 1.82) is 0 Å². The predicted octanol–water partition coefficient (Wildman–Crippen LogP) is 1.94. The lowest BCUT2D eigenvalue weighted by molar-refractivity contribution is -0.141. The Kier molecular flexibility index (Phi) is 6.88. The summed E-state index contributed by atoms with van der Waals surface area (Å²) in [5.74, 6) is -1.62. The van der Waals surface area contributed by atoms with Crippen molar-refractivity contribution in [2.75, 3.05) is 6.54 Å². The van der Waals surface area contributed by atoms with Gasteiger partial charge in [-0.2, -0.15) is 0 Å². The predicted molar refractivity (Wildman–Crippen MR) is 81.6 cm³/mol. The number of nitrogens with one attached hydrogen (secondary N) is 1. The van der Waals surface area contributed by atoms with Crippen molar-refractivity contribution in [3.05, 3.63) is 35.9 Å². The SMILES string of the molecule is CC(CCCNC(=O)C(C)C(N)c1ccccc1)C(=O)O. The summed E-state index contributed by atoms with van der Waals surface area (Å²) in [5, 5.41) is 11.6. The molecule has 0 saturated carbocycles. The molecule has 1 rings (SSSR count). The first kappa shape index (κ1) is 17.2. The molecule has 0 radical (unpaired) electrons. The van der Waals surface area contributed by atoms with E-state index in [1.807, 2.05) is 30.3 Å². The van der Waals surface area contributed by atoms with E-state index < -0.39 is 5.97 Å². The highest BCUT2D eigenvalue weighted by Crippen LogP contribution is 2.19. The van der Waals surface area contributed by atoms with Crippen LogP contribution in [0.1, 0.15) is 38.3 Å². The van der Waals surface area contributed by atoms with Gasteiger partial charge < -0.3 is 16.2 Å². The van der Waals surface area contributed by atoms with Crippen molar-refractivity contribution in [3.8, 4) is 0 Å². The van der Waals surface area contributed by atoms with Crippen LogP contribution in [0.2, 0.25) is 0 Å². The lowest BCUT2D eigenvalue weighted by Crippen LogP contribution is -2.36. The van der Waals surface area contributed by atoms with Gasteiger partial charge in [0.05, 0.1) is 11.8 Å². The second-order valence-electron chi connectivity index (χ2n) is 5.40. The molecule has 1 aromatic carbocycles. The number of carbonyl (C=O) groups is 2. The van der Waals surface area contributed by atoms with Crippen LogP contribution in [0.25, 0.3) is 0 Å². The van der Waals surface area contributed by atoms with Gasteiger partial charge in [-0.1, -0.05) is 44.2 Å². The Balaban J connectivity index is 2.36. The molecular weight excluding hydrogens is 268 g/mol. The van der Waals surface area contributed by atoms with Crippen LogP contribution in [0.5, 0.6) is 0 Å². The monoisotopic (exact) mass is 292 g/mol. The molecule has 0 aromatic heterocycles. The normalized spacial score (nSPS) is 15.0. The average Bonchev–Trinajstić information content (AvgIpc) is 2.50. The van der Waals surface area contributed by atoms with Crippen molar-refractivity contribution in [2.45, 2.75) is 32.7 Å². The number of benzene rings is 1. The molecule has 5 heteroatoms. The zero-order valence-corrected chi connectivity index (χ0v) is 12.6. The van der Waals surface area contributed by atoms with E-state index in [0.717, 1.165) is 5.56 Å². The van der Waals surface area contributed by atoms with Crippen molar-refractivity contribution >= 4 is 11.9 Å². The standard InChI is InChI=1S/C16H24N2O3/c1-11(16(20)21)7-6-10-18-15(19)12(2)14(17)13-8-4-3-5-9-13/h3-5,8-9,11-12,14H,6-7,10,17H2,1-2H3,(H,18,19)(H,20,21). The summed E-state index contributed by atoms with van der Waals surface area (Å²) in [6.07, 6.45) is 1.20. The third kappa shape index (κ3) is 5.55. The van der Waals surface area contributed by atoms with E-state index in [0.29, 0.717) is 19.4 Å². The van der Waals surface area contributed by atoms with Crippen LogP contribution in [0, 0.1) is 11.8 Å². The first-order valence-corrected chi connectivity index (χ1v) is 7.24. The van der Waals surface area contributed by atoms with Crippen LogP contribution in [0.3, 0.4) is 0 Å². The minimum Gasteiger partial charge on any atom is -0.481 e. The van der Waals surface area contributed by atoms with Gasteiger partial charge in [0.2, 0.25) is 5.91 Å². The van der Waals surface area contributed by atoms with Crippen molar-refractivity contribution in [3.63, 3.8) is 0 Å². The smallest absolute Gasteiger partial charge is 0.306 e. The van der Waals surface area contributed by atoms with Gasteiger partial charge in [0, 0.05) is 12.6 Å². The van der Waals surface area contributed by atoms with Gasteiger partial charge in [0.25, 0.3) is 0 Å². The Morgan fingerprint density at radius 2 is 1.86 bits per heavy atom. The lowest BCUT2D eigenvalue weighted by atomic mass is 9.94. The number of hydrogen-bond acceptors (Lipinski definition) is 3. The van der Waals surface area contributed by atoms with Gasteiger partial charge in [-0.25, -0.2) is 0 Å². The fourth-order valence-corrected chi connectivity index (χ4v) is 2.03. The summed E-state index contributed by atoms with van der Waals surface area (Å²) in [6.45, 7) is 3.94. The fourth-order valence-electron chi connectivity index (χ4n) is 2.03. The second-order valence-corrected chi connectivity index (χ2v) is 5.40. The van der Waals surface area contributed by atoms with Crippen molar-refractivity contribution < 1.29 is 14.7 Å². The van der Waals surface area contributed by atoms with Gasteiger partial charge >= 0.3 is 5.97 Å². The summed E-state index contributed by atoms with van der Waals surface area (Å²) in [7, 11) is 0. The Labute approximate surface area is 125 Å². The van der Waals surface area contributed by atoms with E-state index in [-0.39, 0.29) is 23.8 Å². The van der Waals surface area contributed by atoms with Crippen molar-refractivity contribution in [1.82, 2.24) is 5.32 Å². The van der Waals surface area contributed by atoms with E-state index in [9.17, 15) is 9.59 Å². The maximum Gasteiger partial charge on any atom is 0.306 e. The average molecular weight is 292 g/mol. The first-order valence-electron chi connectivity index (χ1n) is 7.24. The molecule has 116 valence electrons. The summed E-state index contributed by atoms with van der Waals surface area (Å²) in [5.41, 5.74) is 7.02. The molecule has 1 amide bonds. The summed E-state index contributed by atoms with van der Waals surface area (Å²) < 4.78 is 0. The highest BCUT2D eigenvalue weighted by molar-refractivity contribution is 5.79. The fraction of sp³-hybridized carbons (Fsp3) is 0.500. The number of amides is 1. The quantitative estimate of drug-likeness (QED) is 0.638. The topological polar surface area (TPSA) is 92.4 Å². The third-order valence-corrected chi connectivity index (χ3v) is 3.67. The number of carboxylic acids is 1. The van der Waals surface area contributed by atoms with Gasteiger partial charge in [-0.3, -0.25) is 9.59 Å². The molecule has 1 aromatic rings. The summed E-state index contributed by atoms with van der Waals surface area (Å²) in [4.78, 5) is 22.7. The molecular formula is C16H24N2O3. The third-order valence-electron chi connectivity index (χ3n) is 3.67. The molecule has 4 N–H and O–H groups in total. The largest absolute Gasteiger partial charge is 0.481 e. The summed E-state index contributed by atoms with van der Waals surface area (Å²) >= 11 is 0. The molecule has 0 aliphatic heterocycles. The van der Waals surface area contributed by atoms with Gasteiger partial charge in [-0.15, -0.1) is 0 Å². The molecule has 0 bridgehead atoms. The maximum absolute atomic E-state index is 12.0. The number of hydrogen-bond donors (Lipinski definition) is 3. The van der Waals surface area contributed by atoms with Crippen LogP contribution in [-0.4, -0.2) is 23.5 Å². The lowest BCUT2D eigenvalue weighted by Gasteiger charge is -2.20. The van der Waals surface area contributed by atoms with E-state index in [2.05, 4.69) is 5.32 Å². The summed E-state index contributed by atoms with van der Waals surface area (Å²) in [6, 6.07) is 9.17. The highest BCUT2D eigenvalue weighted by atomic mass is 16.4. The first-order chi connectivity index (χ1) is 9.93. The number of rotatable bonds is 8.